The van der Waals surface area contributed by atoms with Crippen LogP contribution in [0.15, 0.2) is 30.3 Å². The molecule has 4 aliphatic rings. The molecular weight excluding hydrogens is 298 g/mol. The summed E-state index contributed by atoms with van der Waals surface area (Å²) in [4.78, 5) is 1.78. The first-order chi connectivity index (χ1) is 11.8. The summed E-state index contributed by atoms with van der Waals surface area (Å²) in [5.41, 5.74) is 1.58. The first kappa shape index (κ1) is 14.4. The van der Waals surface area contributed by atoms with Gasteiger partial charge in [-0.25, -0.2) is 0 Å². The van der Waals surface area contributed by atoms with E-state index >= 15 is 0 Å². The normalized spacial score (nSPS) is 33.8. The third-order valence-corrected chi connectivity index (χ3v) is 6.49. The van der Waals surface area contributed by atoms with E-state index in [1.54, 1.807) is 4.80 Å². The van der Waals surface area contributed by atoms with Crippen LogP contribution in [0.5, 0.6) is 0 Å². The van der Waals surface area contributed by atoms with Crippen LogP contribution < -0.4 is 5.32 Å². The first-order valence-electron chi connectivity index (χ1n) is 9.36. The van der Waals surface area contributed by atoms with Crippen LogP contribution in [0.1, 0.15) is 44.9 Å². The third-order valence-electron chi connectivity index (χ3n) is 6.49. The lowest BCUT2D eigenvalue weighted by atomic mass is 9.49. The van der Waals surface area contributed by atoms with Crippen molar-refractivity contribution in [1.82, 2.24) is 20.2 Å². The van der Waals surface area contributed by atoms with Crippen LogP contribution in [0.3, 0.4) is 0 Å². The predicted molar refractivity (Wildman–Crippen MR) is 92.8 cm³/mol. The van der Waals surface area contributed by atoms with Crippen LogP contribution in [-0.4, -0.2) is 20.2 Å². The van der Waals surface area contributed by atoms with Crippen molar-refractivity contribution in [2.75, 3.05) is 5.32 Å². The topological polar surface area (TPSA) is 55.6 Å². The van der Waals surface area contributed by atoms with Crippen LogP contribution >= 0.6 is 0 Å². The van der Waals surface area contributed by atoms with Gasteiger partial charge in [-0.15, -0.1) is 5.10 Å². The molecule has 0 aliphatic heterocycles. The number of nitrogens with one attached hydrogen (secondary N) is 1. The van der Waals surface area contributed by atoms with Crippen molar-refractivity contribution in [3.8, 4) is 0 Å². The highest BCUT2D eigenvalue weighted by Gasteiger charge is 2.50. The highest BCUT2D eigenvalue weighted by atomic mass is 15.6. The molecule has 24 heavy (non-hydrogen) atoms. The van der Waals surface area contributed by atoms with Gasteiger partial charge in [0.25, 0.3) is 5.95 Å². The molecule has 4 saturated carbocycles. The molecule has 6 rings (SSSR count). The monoisotopic (exact) mass is 323 g/mol. The zero-order chi connectivity index (χ0) is 16.0. The van der Waals surface area contributed by atoms with E-state index in [0.29, 0.717) is 11.4 Å². The summed E-state index contributed by atoms with van der Waals surface area (Å²) in [6.45, 7) is 0.898. The Hall–Kier alpha value is -1.91. The Bertz CT molecular complexity index is 672. The molecule has 5 heteroatoms. The number of tetrazole rings is 1. The summed E-state index contributed by atoms with van der Waals surface area (Å²) < 4.78 is 0. The van der Waals surface area contributed by atoms with Crippen molar-refractivity contribution in [3.63, 3.8) is 0 Å². The standard InChI is InChI=1S/C19H25N5/c1-2-4-17(5-3-1)20-18-21-23-24(22-18)7-6-19-11-14-8-15(12-19)10-16(9-14)13-19/h1-5,14-16H,6-13H2,(H,20,22). The van der Waals surface area contributed by atoms with Crippen LogP contribution in [0.25, 0.3) is 0 Å². The Morgan fingerprint density at radius 1 is 1.00 bits per heavy atom. The van der Waals surface area contributed by atoms with E-state index in [1.165, 1.54) is 44.9 Å². The minimum absolute atomic E-state index is 0.579. The van der Waals surface area contributed by atoms with Crippen molar-refractivity contribution >= 4 is 11.6 Å². The molecule has 1 aromatic heterocycles. The molecule has 2 aromatic rings. The van der Waals surface area contributed by atoms with E-state index in [-0.39, 0.29) is 0 Å². The molecule has 1 heterocycles. The predicted octanol–water partition coefficient (Wildman–Crippen LogP) is 4.02. The second-order valence-electron chi connectivity index (χ2n) is 8.37. The van der Waals surface area contributed by atoms with Gasteiger partial charge in [-0.2, -0.15) is 4.80 Å². The highest BCUT2D eigenvalue weighted by molar-refractivity contribution is 5.51. The molecule has 4 aliphatic carbocycles. The van der Waals surface area contributed by atoms with Crippen LogP contribution in [0.2, 0.25) is 0 Å². The largest absolute Gasteiger partial charge is 0.322 e. The van der Waals surface area contributed by atoms with E-state index in [0.717, 1.165) is 30.0 Å². The Morgan fingerprint density at radius 2 is 1.67 bits per heavy atom. The number of aryl methyl sites for hydroxylation is 1. The van der Waals surface area contributed by atoms with Gasteiger partial charge in [0.15, 0.2) is 0 Å². The fourth-order valence-corrected chi connectivity index (χ4v) is 5.97. The number of nitrogens with zero attached hydrogens (tertiary/aromatic N) is 4. The van der Waals surface area contributed by atoms with Crippen molar-refractivity contribution in [2.24, 2.45) is 23.2 Å². The number of hydrogen-bond acceptors (Lipinski definition) is 4. The molecule has 0 saturated heterocycles. The molecule has 4 fully saturated rings. The minimum Gasteiger partial charge on any atom is -0.322 e. The number of benzene rings is 1. The maximum atomic E-state index is 4.51. The summed E-state index contributed by atoms with van der Waals surface area (Å²) in [6, 6.07) is 10.0. The van der Waals surface area contributed by atoms with E-state index < -0.39 is 0 Å². The minimum atomic E-state index is 0.579. The van der Waals surface area contributed by atoms with Gasteiger partial charge >= 0.3 is 0 Å². The van der Waals surface area contributed by atoms with Crippen molar-refractivity contribution in [3.05, 3.63) is 30.3 Å². The molecule has 1 aromatic carbocycles. The van der Waals surface area contributed by atoms with E-state index in [1.807, 2.05) is 30.3 Å². The van der Waals surface area contributed by atoms with Crippen molar-refractivity contribution in [2.45, 2.75) is 51.5 Å². The van der Waals surface area contributed by atoms with Gasteiger partial charge in [-0.3, -0.25) is 0 Å². The lowest BCUT2D eigenvalue weighted by Gasteiger charge is -2.57. The Morgan fingerprint density at radius 3 is 2.33 bits per heavy atom. The van der Waals surface area contributed by atoms with Gasteiger partial charge in [0.1, 0.15) is 0 Å². The van der Waals surface area contributed by atoms with Crippen LogP contribution in [0.4, 0.5) is 11.6 Å². The Labute approximate surface area is 142 Å². The van der Waals surface area contributed by atoms with Gasteiger partial charge in [0.2, 0.25) is 0 Å². The number of aromatic nitrogens is 4. The maximum Gasteiger partial charge on any atom is 0.267 e. The average molecular weight is 323 g/mol. The zero-order valence-corrected chi connectivity index (χ0v) is 14.1. The fraction of sp³-hybridized carbons (Fsp3) is 0.632. The maximum absolute atomic E-state index is 4.51. The number of rotatable bonds is 5. The van der Waals surface area contributed by atoms with Crippen LogP contribution in [-0.2, 0) is 6.54 Å². The second-order valence-corrected chi connectivity index (χ2v) is 8.37. The molecule has 5 nitrogen and oxygen atoms in total. The number of anilines is 2. The van der Waals surface area contributed by atoms with Gasteiger partial charge in [0.05, 0.1) is 6.54 Å². The molecule has 126 valence electrons. The number of hydrogen-bond donors (Lipinski definition) is 1. The molecule has 0 spiro atoms. The smallest absolute Gasteiger partial charge is 0.267 e. The lowest BCUT2D eigenvalue weighted by molar-refractivity contribution is -0.0601. The zero-order valence-electron chi connectivity index (χ0n) is 14.1. The molecule has 0 atom stereocenters. The summed E-state index contributed by atoms with van der Waals surface area (Å²) in [7, 11) is 0. The van der Waals surface area contributed by atoms with Gasteiger partial charge in [-0.05, 0) is 85.5 Å². The molecule has 1 N–H and O–H groups in total. The molecule has 0 unspecified atom stereocenters. The average Bonchev–Trinajstić information content (AvgIpc) is 3.00. The van der Waals surface area contributed by atoms with Crippen molar-refractivity contribution < 1.29 is 0 Å². The second kappa shape index (κ2) is 5.57. The molecule has 0 radical (unpaired) electrons. The molecular formula is C19H25N5. The SMILES string of the molecule is c1ccc(Nc2nnn(CCC34CC5CC(CC(C5)C3)C4)n2)cc1. The Kier molecular flexibility index (Phi) is 3.35. The number of para-hydroxylation sites is 1. The van der Waals surface area contributed by atoms with Gasteiger partial charge < -0.3 is 5.32 Å². The van der Waals surface area contributed by atoms with E-state index in [2.05, 4.69) is 20.7 Å². The van der Waals surface area contributed by atoms with E-state index in [4.69, 9.17) is 0 Å². The summed E-state index contributed by atoms with van der Waals surface area (Å²) in [5.74, 6) is 3.62. The Balaban J connectivity index is 1.23. The first-order valence-corrected chi connectivity index (χ1v) is 9.36. The molecule has 4 bridgehead atoms. The third kappa shape index (κ3) is 2.70. The van der Waals surface area contributed by atoms with Crippen LogP contribution in [0, 0.1) is 23.2 Å². The highest BCUT2D eigenvalue weighted by Crippen LogP contribution is 2.61. The van der Waals surface area contributed by atoms with Crippen molar-refractivity contribution in [1.29, 1.82) is 0 Å². The summed E-state index contributed by atoms with van der Waals surface area (Å²) >= 11 is 0. The fourth-order valence-electron chi connectivity index (χ4n) is 5.97. The van der Waals surface area contributed by atoms with E-state index in [9.17, 15) is 0 Å². The summed E-state index contributed by atoms with van der Waals surface area (Å²) in [5, 5.41) is 16.1. The quantitative estimate of drug-likeness (QED) is 0.903. The lowest BCUT2D eigenvalue weighted by Crippen LogP contribution is -2.46. The summed E-state index contributed by atoms with van der Waals surface area (Å²) in [6.07, 6.45) is 10.1. The molecule has 0 amide bonds. The van der Waals surface area contributed by atoms with Gasteiger partial charge in [0, 0.05) is 5.69 Å². The van der Waals surface area contributed by atoms with Gasteiger partial charge in [-0.1, -0.05) is 23.3 Å².